The van der Waals surface area contributed by atoms with E-state index in [1.807, 2.05) is 24.4 Å². The van der Waals surface area contributed by atoms with Gasteiger partial charge in [-0.2, -0.15) is 0 Å². The minimum absolute atomic E-state index is 0.163. The number of pyridine rings is 1. The van der Waals surface area contributed by atoms with Crippen LogP contribution in [-0.2, 0) is 13.1 Å². The van der Waals surface area contributed by atoms with Gasteiger partial charge in [-0.05, 0) is 55.8 Å². The molecule has 1 aliphatic heterocycles. The molecule has 1 aromatic carbocycles. The van der Waals surface area contributed by atoms with Gasteiger partial charge in [0.2, 0.25) is 0 Å². The van der Waals surface area contributed by atoms with Crippen LogP contribution in [-0.4, -0.2) is 34.1 Å². The van der Waals surface area contributed by atoms with E-state index in [1.165, 1.54) is 0 Å². The van der Waals surface area contributed by atoms with Crippen LogP contribution in [0.2, 0.25) is 5.02 Å². The topological polar surface area (TPSA) is 48.4 Å². The van der Waals surface area contributed by atoms with Crippen molar-refractivity contribution in [3.8, 4) is 5.75 Å². The van der Waals surface area contributed by atoms with E-state index in [2.05, 4.69) is 21.3 Å². The quantitative estimate of drug-likeness (QED) is 0.883. The summed E-state index contributed by atoms with van der Waals surface area (Å²) in [4.78, 5) is 6.76. The molecule has 0 bridgehead atoms. The van der Waals surface area contributed by atoms with Crippen molar-refractivity contribution in [1.82, 2.24) is 15.2 Å². The van der Waals surface area contributed by atoms with Crippen molar-refractivity contribution >= 4 is 11.6 Å². The molecule has 23 heavy (non-hydrogen) atoms. The van der Waals surface area contributed by atoms with Crippen LogP contribution in [0.1, 0.15) is 24.1 Å². The molecule has 2 heterocycles. The number of aromatic hydroxyl groups is 1. The Bertz CT molecular complexity index is 627. The zero-order valence-electron chi connectivity index (χ0n) is 13.1. The maximum absolute atomic E-state index is 9.68. The number of benzene rings is 1. The number of nitrogens with zero attached hydrogens (tertiary/aromatic N) is 2. The fourth-order valence-electron chi connectivity index (χ4n) is 2.96. The van der Waals surface area contributed by atoms with Crippen LogP contribution in [0, 0.1) is 0 Å². The molecule has 4 nitrogen and oxygen atoms in total. The minimum Gasteiger partial charge on any atom is -0.506 e. The van der Waals surface area contributed by atoms with E-state index < -0.39 is 0 Å². The van der Waals surface area contributed by atoms with Gasteiger partial charge < -0.3 is 10.4 Å². The summed E-state index contributed by atoms with van der Waals surface area (Å²) >= 11 is 5.85. The van der Waals surface area contributed by atoms with E-state index in [0.717, 1.165) is 50.3 Å². The van der Waals surface area contributed by atoms with Gasteiger partial charge in [0.25, 0.3) is 0 Å². The van der Waals surface area contributed by atoms with Gasteiger partial charge in [-0.3, -0.25) is 9.88 Å². The molecular weight excluding hydrogens is 310 g/mol. The molecule has 0 atom stereocenters. The third kappa shape index (κ3) is 4.67. The number of hydrogen-bond acceptors (Lipinski definition) is 4. The lowest BCUT2D eigenvalue weighted by Gasteiger charge is -2.32. The summed E-state index contributed by atoms with van der Waals surface area (Å²) in [6.45, 7) is 3.81. The number of piperidine rings is 1. The Balaban J connectivity index is 1.44. The summed E-state index contributed by atoms with van der Waals surface area (Å²) in [5, 5.41) is 13.7. The number of phenols is 1. The number of hydrogen-bond donors (Lipinski definition) is 2. The molecule has 0 radical (unpaired) electrons. The highest BCUT2D eigenvalue weighted by atomic mass is 35.5. The molecule has 1 aromatic heterocycles. The molecular formula is C18H22ClN3O. The lowest BCUT2D eigenvalue weighted by atomic mass is 10.0. The molecule has 5 heteroatoms. The standard InChI is InChI=1S/C18H22ClN3O/c19-17-5-4-14(11-18(17)23)13-22-9-6-15(7-10-22)21-12-16-3-1-2-8-20-16/h1-5,8,11,15,21,23H,6-7,9-10,12-13H2. The van der Waals surface area contributed by atoms with Crippen molar-refractivity contribution in [2.24, 2.45) is 0 Å². The molecule has 0 aliphatic carbocycles. The van der Waals surface area contributed by atoms with E-state index in [-0.39, 0.29) is 5.75 Å². The summed E-state index contributed by atoms with van der Waals surface area (Å²) in [6, 6.07) is 12.1. The summed E-state index contributed by atoms with van der Waals surface area (Å²) in [6.07, 6.45) is 4.10. The fraction of sp³-hybridized carbons (Fsp3) is 0.389. The fourth-order valence-corrected chi connectivity index (χ4v) is 3.08. The molecule has 0 amide bonds. The van der Waals surface area contributed by atoms with Gasteiger partial charge in [-0.1, -0.05) is 23.7 Å². The molecule has 1 fully saturated rings. The summed E-state index contributed by atoms with van der Waals surface area (Å²) in [5.41, 5.74) is 2.19. The SMILES string of the molecule is Oc1cc(CN2CCC(NCc3ccccn3)CC2)ccc1Cl. The average molecular weight is 332 g/mol. The van der Waals surface area contributed by atoms with Crippen LogP contribution in [0.25, 0.3) is 0 Å². The first-order valence-electron chi connectivity index (χ1n) is 8.04. The number of likely N-dealkylation sites (tertiary alicyclic amines) is 1. The molecule has 2 N–H and O–H groups in total. The Kier molecular flexibility index (Phi) is 5.49. The molecule has 122 valence electrons. The second-order valence-electron chi connectivity index (χ2n) is 6.04. The lowest BCUT2D eigenvalue weighted by Crippen LogP contribution is -2.41. The second-order valence-corrected chi connectivity index (χ2v) is 6.45. The lowest BCUT2D eigenvalue weighted by molar-refractivity contribution is 0.190. The Morgan fingerprint density at radius 2 is 2.04 bits per heavy atom. The van der Waals surface area contributed by atoms with Crippen LogP contribution in [0.3, 0.4) is 0 Å². The first-order chi connectivity index (χ1) is 11.2. The van der Waals surface area contributed by atoms with Crippen LogP contribution < -0.4 is 5.32 Å². The maximum atomic E-state index is 9.68. The Morgan fingerprint density at radius 3 is 2.74 bits per heavy atom. The normalized spacial score (nSPS) is 16.6. The Morgan fingerprint density at radius 1 is 1.22 bits per heavy atom. The van der Waals surface area contributed by atoms with Crippen molar-refractivity contribution in [3.05, 3.63) is 58.9 Å². The molecule has 1 aliphatic rings. The van der Waals surface area contributed by atoms with Crippen LogP contribution in [0.4, 0.5) is 0 Å². The first-order valence-corrected chi connectivity index (χ1v) is 8.41. The van der Waals surface area contributed by atoms with E-state index in [0.29, 0.717) is 11.1 Å². The number of halogens is 1. The maximum Gasteiger partial charge on any atom is 0.134 e. The third-order valence-corrected chi connectivity index (χ3v) is 4.62. The van der Waals surface area contributed by atoms with Crippen molar-refractivity contribution in [3.63, 3.8) is 0 Å². The zero-order valence-corrected chi connectivity index (χ0v) is 13.8. The van der Waals surface area contributed by atoms with E-state index >= 15 is 0 Å². The van der Waals surface area contributed by atoms with Gasteiger partial charge in [-0.15, -0.1) is 0 Å². The molecule has 2 aromatic rings. The predicted molar refractivity (Wildman–Crippen MR) is 92.5 cm³/mol. The zero-order chi connectivity index (χ0) is 16.1. The largest absolute Gasteiger partial charge is 0.506 e. The van der Waals surface area contributed by atoms with E-state index in [1.54, 1.807) is 12.1 Å². The number of phenolic OH excluding ortho intramolecular Hbond substituents is 1. The summed E-state index contributed by atoms with van der Waals surface area (Å²) < 4.78 is 0. The van der Waals surface area contributed by atoms with Gasteiger partial charge in [0.15, 0.2) is 0 Å². The Hall–Kier alpha value is -1.62. The number of aromatic nitrogens is 1. The van der Waals surface area contributed by atoms with Crippen LogP contribution in [0.15, 0.2) is 42.6 Å². The van der Waals surface area contributed by atoms with Crippen LogP contribution in [0.5, 0.6) is 5.75 Å². The molecule has 0 unspecified atom stereocenters. The molecule has 1 saturated heterocycles. The van der Waals surface area contributed by atoms with E-state index in [4.69, 9.17) is 11.6 Å². The highest BCUT2D eigenvalue weighted by molar-refractivity contribution is 6.31. The molecule has 0 saturated carbocycles. The van der Waals surface area contributed by atoms with Gasteiger partial charge in [0.1, 0.15) is 5.75 Å². The average Bonchev–Trinajstić information content (AvgIpc) is 2.58. The first kappa shape index (κ1) is 16.2. The smallest absolute Gasteiger partial charge is 0.134 e. The second kappa shape index (κ2) is 7.77. The molecule has 0 spiro atoms. The van der Waals surface area contributed by atoms with Crippen molar-refractivity contribution in [2.45, 2.75) is 32.0 Å². The van der Waals surface area contributed by atoms with Crippen LogP contribution >= 0.6 is 11.6 Å². The van der Waals surface area contributed by atoms with Crippen molar-refractivity contribution in [1.29, 1.82) is 0 Å². The highest BCUT2D eigenvalue weighted by Gasteiger charge is 2.19. The van der Waals surface area contributed by atoms with E-state index in [9.17, 15) is 5.11 Å². The number of rotatable bonds is 5. The Labute approximate surface area is 142 Å². The number of nitrogens with one attached hydrogen (secondary N) is 1. The van der Waals surface area contributed by atoms with Crippen molar-refractivity contribution in [2.75, 3.05) is 13.1 Å². The van der Waals surface area contributed by atoms with Gasteiger partial charge in [0.05, 0.1) is 10.7 Å². The monoisotopic (exact) mass is 331 g/mol. The third-order valence-electron chi connectivity index (χ3n) is 4.30. The van der Waals surface area contributed by atoms with Crippen molar-refractivity contribution < 1.29 is 5.11 Å². The highest BCUT2D eigenvalue weighted by Crippen LogP contribution is 2.25. The predicted octanol–water partition coefficient (Wildman–Crippen LogP) is 3.19. The van der Waals surface area contributed by atoms with Gasteiger partial charge in [-0.25, -0.2) is 0 Å². The summed E-state index contributed by atoms with van der Waals surface area (Å²) in [7, 11) is 0. The molecule has 3 rings (SSSR count). The summed E-state index contributed by atoms with van der Waals surface area (Å²) in [5.74, 6) is 0.163. The van der Waals surface area contributed by atoms with Gasteiger partial charge >= 0.3 is 0 Å². The minimum atomic E-state index is 0.163. The van der Waals surface area contributed by atoms with Gasteiger partial charge in [0, 0.05) is 25.3 Å².